The Bertz CT molecular complexity index is 461. The molecule has 7 heteroatoms. The van der Waals surface area contributed by atoms with E-state index < -0.39 is 0 Å². The van der Waals surface area contributed by atoms with Gasteiger partial charge in [-0.25, -0.2) is 9.78 Å². The Morgan fingerprint density at radius 2 is 2.30 bits per heavy atom. The van der Waals surface area contributed by atoms with Crippen molar-refractivity contribution in [3.63, 3.8) is 0 Å². The zero-order valence-electron chi connectivity index (χ0n) is 12.6. The SMILES string of the molecule is CN1CCC(N(C)C(=O)NCc2csc(N(C)C)n2)C1. The zero-order valence-corrected chi connectivity index (χ0v) is 13.4. The van der Waals surface area contributed by atoms with Crippen molar-refractivity contribution in [3.05, 3.63) is 11.1 Å². The first-order valence-corrected chi connectivity index (χ1v) is 7.66. The molecule has 1 aliphatic heterocycles. The summed E-state index contributed by atoms with van der Waals surface area (Å²) >= 11 is 1.59. The van der Waals surface area contributed by atoms with Gasteiger partial charge in [0.25, 0.3) is 0 Å². The Labute approximate surface area is 124 Å². The number of rotatable bonds is 4. The molecule has 1 aromatic heterocycles. The van der Waals surface area contributed by atoms with Gasteiger partial charge in [0.2, 0.25) is 0 Å². The van der Waals surface area contributed by atoms with Gasteiger partial charge in [0.15, 0.2) is 5.13 Å². The highest BCUT2D eigenvalue weighted by atomic mass is 32.1. The van der Waals surface area contributed by atoms with E-state index >= 15 is 0 Å². The number of aromatic nitrogens is 1. The minimum absolute atomic E-state index is 0.0234. The third-order valence-corrected chi connectivity index (χ3v) is 4.63. The van der Waals surface area contributed by atoms with Gasteiger partial charge in [-0.1, -0.05) is 0 Å². The molecule has 20 heavy (non-hydrogen) atoms. The topological polar surface area (TPSA) is 51.7 Å². The second-order valence-corrected chi connectivity index (χ2v) is 6.33. The van der Waals surface area contributed by atoms with Crippen molar-refractivity contribution in [3.8, 4) is 0 Å². The van der Waals surface area contributed by atoms with Crippen LogP contribution in [0.25, 0.3) is 0 Å². The summed E-state index contributed by atoms with van der Waals surface area (Å²) in [4.78, 5) is 22.6. The van der Waals surface area contributed by atoms with Crippen molar-refractivity contribution >= 4 is 22.5 Å². The van der Waals surface area contributed by atoms with Crippen LogP contribution in [0.2, 0.25) is 0 Å². The van der Waals surface area contributed by atoms with E-state index in [4.69, 9.17) is 0 Å². The summed E-state index contributed by atoms with van der Waals surface area (Å²) in [6.07, 6.45) is 1.04. The van der Waals surface area contributed by atoms with E-state index in [9.17, 15) is 4.79 Å². The highest BCUT2D eigenvalue weighted by Crippen LogP contribution is 2.18. The van der Waals surface area contributed by atoms with Crippen LogP contribution in [0.5, 0.6) is 0 Å². The quantitative estimate of drug-likeness (QED) is 0.903. The number of hydrogen-bond donors (Lipinski definition) is 1. The first-order chi connectivity index (χ1) is 9.47. The van der Waals surface area contributed by atoms with Gasteiger partial charge in [0.05, 0.1) is 12.2 Å². The third kappa shape index (κ3) is 3.61. The van der Waals surface area contributed by atoms with Crippen molar-refractivity contribution in [2.24, 2.45) is 0 Å². The van der Waals surface area contributed by atoms with Crippen LogP contribution in [0.1, 0.15) is 12.1 Å². The molecule has 1 N–H and O–H groups in total. The Kier molecular flexibility index (Phi) is 4.82. The molecule has 1 saturated heterocycles. The van der Waals surface area contributed by atoms with Crippen LogP contribution < -0.4 is 10.2 Å². The van der Waals surface area contributed by atoms with Gasteiger partial charge < -0.3 is 20.0 Å². The smallest absolute Gasteiger partial charge is 0.317 e. The zero-order chi connectivity index (χ0) is 14.7. The van der Waals surface area contributed by atoms with E-state index in [1.165, 1.54) is 0 Å². The fraction of sp³-hybridized carbons (Fsp3) is 0.692. The summed E-state index contributed by atoms with van der Waals surface area (Å²) in [6, 6.07) is 0.289. The number of urea groups is 1. The molecule has 2 amide bonds. The van der Waals surface area contributed by atoms with Gasteiger partial charge in [-0.05, 0) is 20.0 Å². The summed E-state index contributed by atoms with van der Waals surface area (Å²) in [5, 5.41) is 5.88. The fourth-order valence-corrected chi connectivity index (χ4v) is 3.03. The lowest BCUT2D eigenvalue weighted by Gasteiger charge is -2.24. The van der Waals surface area contributed by atoms with Crippen molar-refractivity contribution in [2.45, 2.75) is 19.0 Å². The number of hydrogen-bond acceptors (Lipinski definition) is 5. The van der Waals surface area contributed by atoms with Crippen LogP contribution in [0.15, 0.2) is 5.38 Å². The molecule has 2 rings (SSSR count). The summed E-state index contributed by atoms with van der Waals surface area (Å²) in [6.45, 7) is 2.49. The number of likely N-dealkylation sites (tertiary alicyclic amines) is 1. The molecule has 1 atom stereocenters. The normalized spacial score (nSPS) is 19.1. The van der Waals surface area contributed by atoms with Crippen LogP contribution in [-0.4, -0.2) is 68.1 Å². The lowest BCUT2D eigenvalue weighted by Crippen LogP contribution is -2.44. The maximum atomic E-state index is 12.1. The van der Waals surface area contributed by atoms with Gasteiger partial charge >= 0.3 is 6.03 Å². The largest absolute Gasteiger partial charge is 0.354 e. The highest BCUT2D eigenvalue weighted by Gasteiger charge is 2.26. The second-order valence-electron chi connectivity index (χ2n) is 5.49. The number of amides is 2. The minimum atomic E-state index is -0.0234. The van der Waals surface area contributed by atoms with Crippen LogP contribution in [0, 0.1) is 0 Å². The number of thiazole rings is 1. The van der Waals surface area contributed by atoms with Crippen molar-refractivity contribution in [2.75, 3.05) is 46.2 Å². The van der Waals surface area contributed by atoms with Gasteiger partial charge in [0, 0.05) is 39.1 Å². The molecule has 6 nitrogen and oxygen atoms in total. The summed E-state index contributed by atoms with van der Waals surface area (Å²) in [7, 11) is 7.88. The van der Waals surface area contributed by atoms with Gasteiger partial charge in [-0.2, -0.15) is 0 Å². The Hall–Kier alpha value is -1.34. The lowest BCUT2D eigenvalue weighted by atomic mass is 10.2. The molecule has 112 valence electrons. The molecule has 0 aromatic carbocycles. The maximum absolute atomic E-state index is 12.1. The second kappa shape index (κ2) is 6.41. The number of nitrogens with one attached hydrogen (secondary N) is 1. The molecular weight excluding hydrogens is 274 g/mol. The Morgan fingerprint density at radius 1 is 1.55 bits per heavy atom. The van der Waals surface area contributed by atoms with Gasteiger partial charge in [-0.3, -0.25) is 0 Å². The predicted octanol–water partition coefficient (Wildman–Crippen LogP) is 1.05. The summed E-state index contributed by atoms with van der Waals surface area (Å²) in [5.41, 5.74) is 0.906. The van der Waals surface area contributed by atoms with E-state index in [1.807, 2.05) is 36.3 Å². The van der Waals surface area contributed by atoms with Crippen LogP contribution in [0.4, 0.5) is 9.93 Å². The lowest BCUT2D eigenvalue weighted by molar-refractivity contribution is 0.190. The fourth-order valence-electron chi connectivity index (χ4n) is 2.27. The molecule has 0 saturated carbocycles. The molecule has 1 aliphatic rings. The summed E-state index contributed by atoms with van der Waals surface area (Å²) in [5.74, 6) is 0. The Balaban J connectivity index is 1.82. The van der Waals surface area contributed by atoms with Crippen LogP contribution in [0.3, 0.4) is 0 Å². The first kappa shape index (κ1) is 15.1. The standard InChI is InChI=1S/C13H23N5OS/c1-16(2)13-15-10(9-20-13)7-14-12(19)18(4)11-5-6-17(3)8-11/h9,11H,5-8H2,1-4H3,(H,14,19). The first-order valence-electron chi connectivity index (χ1n) is 6.78. The van der Waals surface area contributed by atoms with Crippen molar-refractivity contribution < 1.29 is 4.79 Å². The third-order valence-electron chi connectivity index (χ3n) is 3.58. The number of carbonyl (C=O) groups is 1. The average molecular weight is 297 g/mol. The molecular formula is C13H23N5OS. The monoisotopic (exact) mass is 297 g/mol. The molecule has 1 unspecified atom stereocenters. The number of nitrogens with zero attached hydrogens (tertiary/aromatic N) is 4. The van der Waals surface area contributed by atoms with E-state index in [2.05, 4.69) is 22.2 Å². The van der Waals surface area contributed by atoms with Gasteiger partial charge in [-0.15, -0.1) is 11.3 Å². The molecule has 0 aliphatic carbocycles. The van der Waals surface area contributed by atoms with Crippen molar-refractivity contribution in [1.82, 2.24) is 20.1 Å². The highest BCUT2D eigenvalue weighted by molar-refractivity contribution is 7.13. The number of anilines is 1. The summed E-state index contributed by atoms with van der Waals surface area (Å²) < 4.78 is 0. The Morgan fingerprint density at radius 3 is 2.85 bits per heavy atom. The molecule has 0 radical (unpaired) electrons. The van der Waals surface area contributed by atoms with Crippen LogP contribution >= 0.6 is 11.3 Å². The molecule has 0 spiro atoms. The van der Waals surface area contributed by atoms with Crippen molar-refractivity contribution in [1.29, 1.82) is 0 Å². The number of likely N-dealkylation sites (N-methyl/N-ethyl adjacent to an activating group) is 2. The molecule has 2 heterocycles. The van der Waals surface area contributed by atoms with E-state index in [0.717, 1.165) is 30.3 Å². The molecule has 0 bridgehead atoms. The van der Waals surface area contributed by atoms with E-state index in [1.54, 1.807) is 11.3 Å². The average Bonchev–Trinajstić information content (AvgIpc) is 3.03. The van der Waals surface area contributed by atoms with Gasteiger partial charge in [0.1, 0.15) is 0 Å². The number of carbonyl (C=O) groups excluding carboxylic acids is 1. The molecule has 1 fully saturated rings. The predicted molar refractivity (Wildman–Crippen MR) is 82.3 cm³/mol. The van der Waals surface area contributed by atoms with Crippen LogP contribution in [-0.2, 0) is 6.54 Å². The van der Waals surface area contributed by atoms with E-state index in [-0.39, 0.29) is 6.03 Å². The maximum Gasteiger partial charge on any atom is 0.317 e. The van der Waals surface area contributed by atoms with E-state index in [0.29, 0.717) is 12.6 Å². The molecule has 1 aromatic rings. The minimum Gasteiger partial charge on any atom is -0.354 e.